The molecule has 0 heterocycles. The number of nitrogens with two attached hydrogens (primary N) is 3. The maximum absolute atomic E-state index is 13.2. The predicted molar refractivity (Wildman–Crippen MR) is 245 cm³/mol. The molecule has 8 atom stereocenters. The molecule has 25 heteroatoms. The molecule has 6 amide bonds. The minimum Gasteiger partial charge on any atom is -0.508 e. The van der Waals surface area contributed by atoms with Gasteiger partial charge in [-0.1, -0.05) is 53.2 Å². The number of phenols is 1. The van der Waals surface area contributed by atoms with Crippen LogP contribution in [0.3, 0.4) is 0 Å². The fourth-order valence-electron chi connectivity index (χ4n) is 6.05. The highest BCUT2D eigenvalue weighted by Gasteiger charge is 2.33. The van der Waals surface area contributed by atoms with Crippen molar-refractivity contribution in [2.24, 2.45) is 39.9 Å². The number of benzene rings is 1. The zero-order chi connectivity index (χ0) is 52.3. The van der Waals surface area contributed by atoms with Gasteiger partial charge in [0.25, 0.3) is 0 Å². The number of phenolic OH excluding ortho intramolecular Hbond substituents is 1. The van der Waals surface area contributed by atoms with E-state index < -0.39 is 114 Å². The van der Waals surface area contributed by atoms with Gasteiger partial charge < -0.3 is 74.6 Å². The Kier molecular flexibility index (Phi) is 28.5. The number of carbonyl (C=O) groups excluding carboxylic acids is 6. The Balaban J connectivity index is 0.00000133. The summed E-state index contributed by atoms with van der Waals surface area (Å²) < 4.78 is 0. The van der Waals surface area contributed by atoms with Gasteiger partial charge in [0.05, 0.1) is 6.04 Å². The van der Waals surface area contributed by atoms with Crippen molar-refractivity contribution in [1.29, 1.82) is 0 Å². The van der Waals surface area contributed by atoms with Crippen molar-refractivity contribution >= 4 is 65.3 Å². The molecule has 0 radical (unpaired) electrons. The Labute approximate surface area is 394 Å². The molecule has 0 fully saturated rings. The van der Waals surface area contributed by atoms with Crippen molar-refractivity contribution in [3.05, 3.63) is 29.8 Å². The van der Waals surface area contributed by atoms with Gasteiger partial charge in [-0.15, -0.1) is 0 Å². The lowest BCUT2D eigenvalue weighted by molar-refractivity contribution is -0.144. The molecule has 68 heavy (non-hydrogen) atoms. The van der Waals surface area contributed by atoms with Gasteiger partial charge >= 0.3 is 23.9 Å². The second-order valence-corrected chi connectivity index (χ2v) is 16.4. The summed E-state index contributed by atoms with van der Waals surface area (Å²) in [6.45, 7) is 8.66. The number of amides is 6. The number of hydrogen-bond acceptors (Lipinski definition) is 13. The van der Waals surface area contributed by atoms with Crippen LogP contribution in [0.15, 0.2) is 29.3 Å². The number of nitrogens with zero attached hydrogens (tertiary/aromatic N) is 1. The van der Waals surface area contributed by atoms with Crippen LogP contribution in [0.2, 0.25) is 0 Å². The summed E-state index contributed by atoms with van der Waals surface area (Å²) in [5.74, 6) is -9.95. The quantitative estimate of drug-likeness (QED) is 0.0237. The first kappa shape index (κ1) is 60.9. The number of likely N-dealkylation sites (N-methyl/N-ethyl adjacent to an activating group) is 1. The lowest BCUT2D eigenvalue weighted by Gasteiger charge is -2.28. The number of hydrogen-bond donors (Lipinski definition) is 14. The van der Waals surface area contributed by atoms with Gasteiger partial charge in [0, 0.05) is 38.8 Å². The molecule has 0 saturated carbocycles. The molecular weight excluding hydrogens is 897 g/mol. The van der Waals surface area contributed by atoms with Crippen LogP contribution >= 0.6 is 0 Å². The molecule has 382 valence electrons. The van der Waals surface area contributed by atoms with E-state index in [4.69, 9.17) is 32.5 Å². The number of aliphatic carboxylic acids is 4. The Morgan fingerprint density at radius 3 is 1.53 bits per heavy atom. The van der Waals surface area contributed by atoms with Crippen LogP contribution in [0.4, 0.5) is 0 Å². The van der Waals surface area contributed by atoms with Gasteiger partial charge in [-0.3, -0.25) is 48.1 Å². The van der Waals surface area contributed by atoms with Gasteiger partial charge in [0.2, 0.25) is 35.4 Å². The van der Waals surface area contributed by atoms with Crippen LogP contribution in [0.25, 0.3) is 0 Å². The topological polar surface area (TPSA) is 434 Å². The molecule has 0 aliphatic heterocycles. The number of aromatic hydroxyl groups is 1. The van der Waals surface area contributed by atoms with Crippen LogP contribution in [0.1, 0.15) is 98.0 Å². The molecule has 1 aromatic rings. The molecular formula is C43H70N10O15. The Bertz CT molecular complexity index is 1890. The minimum atomic E-state index is -1.30. The fourth-order valence-corrected chi connectivity index (χ4v) is 6.05. The minimum absolute atomic E-state index is 0.0470. The van der Waals surface area contributed by atoms with E-state index in [2.05, 4.69) is 36.9 Å². The molecule has 8 unspecified atom stereocenters. The molecule has 25 nitrogen and oxygen atoms in total. The molecule has 0 saturated heterocycles. The first-order valence-electron chi connectivity index (χ1n) is 21.9. The van der Waals surface area contributed by atoms with E-state index >= 15 is 0 Å². The number of guanidine groups is 1. The lowest BCUT2D eigenvalue weighted by Crippen LogP contribution is -2.58. The van der Waals surface area contributed by atoms with Crippen LogP contribution < -0.4 is 49.1 Å². The SMILES string of the molecule is CCC(C)C(NC(=O)C(C)CCC(=O)O)C(=O)NC(CCCN=C(N)N)C(=O)NC(C(=O)O)C(C)C.CNC(=O)C(CCC(=O)O)NC(=O)C(CCC(=O)O)NC(=O)C(N)Cc1ccc(O)cc1. The third-order valence-electron chi connectivity index (χ3n) is 10.4. The van der Waals surface area contributed by atoms with Crippen LogP contribution in [-0.2, 0) is 54.4 Å². The fraction of sp³-hybridized carbons (Fsp3) is 0.605. The zero-order valence-corrected chi connectivity index (χ0v) is 39.3. The van der Waals surface area contributed by atoms with Crippen molar-refractivity contribution in [2.45, 2.75) is 135 Å². The lowest BCUT2D eigenvalue weighted by atomic mass is 9.96. The Morgan fingerprint density at radius 1 is 0.603 bits per heavy atom. The second-order valence-electron chi connectivity index (χ2n) is 16.4. The van der Waals surface area contributed by atoms with Gasteiger partial charge in [-0.2, -0.15) is 0 Å². The van der Waals surface area contributed by atoms with E-state index in [1.807, 2.05) is 6.92 Å². The molecule has 0 aromatic heterocycles. The van der Waals surface area contributed by atoms with E-state index in [0.717, 1.165) is 0 Å². The summed E-state index contributed by atoms with van der Waals surface area (Å²) in [7, 11) is 1.31. The van der Waals surface area contributed by atoms with E-state index in [9.17, 15) is 58.2 Å². The van der Waals surface area contributed by atoms with Gasteiger partial charge in [0.1, 0.15) is 36.0 Å². The van der Waals surface area contributed by atoms with Crippen LogP contribution in [-0.4, -0.2) is 141 Å². The smallest absolute Gasteiger partial charge is 0.326 e. The summed E-state index contributed by atoms with van der Waals surface area (Å²) in [6.07, 6.45) is -0.287. The molecule has 1 rings (SSSR count). The largest absolute Gasteiger partial charge is 0.508 e. The van der Waals surface area contributed by atoms with Crippen molar-refractivity contribution in [3.8, 4) is 5.75 Å². The molecule has 0 spiro atoms. The van der Waals surface area contributed by atoms with E-state index in [1.165, 1.54) is 19.2 Å². The van der Waals surface area contributed by atoms with Crippen molar-refractivity contribution in [1.82, 2.24) is 31.9 Å². The monoisotopic (exact) mass is 967 g/mol. The number of rotatable bonds is 30. The van der Waals surface area contributed by atoms with Crippen molar-refractivity contribution in [3.63, 3.8) is 0 Å². The third-order valence-corrected chi connectivity index (χ3v) is 10.4. The Morgan fingerprint density at radius 2 is 1.06 bits per heavy atom. The highest BCUT2D eigenvalue weighted by molar-refractivity contribution is 5.95. The normalized spacial score (nSPS) is 14.2. The third kappa shape index (κ3) is 25.0. The summed E-state index contributed by atoms with van der Waals surface area (Å²) in [5.41, 5.74) is 17.2. The number of aliphatic imine (C=N–C) groups is 1. The van der Waals surface area contributed by atoms with E-state index in [-0.39, 0.29) is 69.1 Å². The average molecular weight is 967 g/mol. The number of nitrogens with one attached hydrogen (secondary N) is 6. The molecule has 17 N–H and O–H groups in total. The van der Waals surface area contributed by atoms with Crippen LogP contribution in [0, 0.1) is 17.8 Å². The molecule has 0 aliphatic rings. The Hall–Kier alpha value is -7.05. The summed E-state index contributed by atoms with van der Waals surface area (Å²) in [6, 6.07) is -0.779. The van der Waals surface area contributed by atoms with Crippen molar-refractivity contribution < 1.29 is 73.5 Å². The van der Waals surface area contributed by atoms with E-state index in [1.54, 1.807) is 39.8 Å². The molecule has 1 aromatic carbocycles. The van der Waals surface area contributed by atoms with Gasteiger partial charge in [-0.05, 0) is 68.1 Å². The zero-order valence-electron chi connectivity index (χ0n) is 39.3. The van der Waals surface area contributed by atoms with E-state index in [0.29, 0.717) is 18.4 Å². The maximum atomic E-state index is 13.2. The van der Waals surface area contributed by atoms with Gasteiger partial charge in [0.15, 0.2) is 5.96 Å². The summed E-state index contributed by atoms with van der Waals surface area (Å²) in [5, 5.41) is 60.2. The second kappa shape index (κ2) is 31.8. The van der Waals surface area contributed by atoms with Gasteiger partial charge in [-0.25, -0.2) is 4.79 Å². The summed E-state index contributed by atoms with van der Waals surface area (Å²) >= 11 is 0. The highest BCUT2D eigenvalue weighted by atomic mass is 16.4. The average Bonchev–Trinajstić information content (AvgIpc) is 3.26. The highest BCUT2D eigenvalue weighted by Crippen LogP contribution is 2.14. The number of carbonyl (C=O) groups is 10. The molecule has 0 aliphatic carbocycles. The summed E-state index contributed by atoms with van der Waals surface area (Å²) in [4.78, 5) is 124. The number of carboxylic acid groups (broad SMARTS) is 4. The first-order valence-corrected chi connectivity index (χ1v) is 21.9. The predicted octanol–water partition coefficient (Wildman–Crippen LogP) is -1.51. The molecule has 0 bridgehead atoms. The first-order chi connectivity index (χ1) is 31.7. The number of carboxylic acids is 4. The standard InChI is InChI=1S/C23H42N6O7.C20H28N4O8/c1-6-13(4)18(29-19(32)14(5)9-10-16(30)31)21(34)27-15(8-7-11-26-23(24)25)20(33)28-17(12(2)3)22(35)36;1-22-19(31)14(6-8-16(26)27)24-20(32)15(7-9-17(28)29)23-18(30)13(21)10-11-2-4-12(25)5-3-11/h12-15,17-18H,6-11H2,1-5H3,(H,27,34)(H,28,33)(H,29,32)(H,30,31)(H,35,36)(H4,24,25,26);2-5,13-15,25H,6-10,21H2,1H3,(H,22,31)(H,23,30)(H,24,32)(H,26,27)(H,28,29). The maximum Gasteiger partial charge on any atom is 0.326 e. The van der Waals surface area contributed by atoms with Crippen LogP contribution in [0.5, 0.6) is 5.75 Å². The van der Waals surface area contributed by atoms with Crippen molar-refractivity contribution in [2.75, 3.05) is 13.6 Å².